The van der Waals surface area contributed by atoms with Gasteiger partial charge in [-0.25, -0.2) is 0 Å². The number of rotatable bonds is 7. The Bertz CT molecular complexity index is 1110. The van der Waals surface area contributed by atoms with Crippen molar-refractivity contribution >= 4 is 40.7 Å². The summed E-state index contributed by atoms with van der Waals surface area (Å²) >= 11 is 3.71. The van der Waals surface area contributed by atoms with Crippen molar-refractivity contribution in [2.24, 2.45) is 0 Å². The van der Waals surface area contributed by atoms with Crippen LogP contribution < -0.4 is 4.90 Å². The van der Waals surface area contributed by atoms with Crippen LogP contribution in [0.5, 0.6) is 0 Å². The second-order valence-corrected chi connectivity index (χ2v) is 17.0. The Kier molecular flexibility index (Phi) is 7.28. The van der Waals surface area contributed by atoms with Crippen molar-refractivity contribution in [3.05, 3.63) is 40.0 Å². The van der Waals surface area contributed by atoms with E-state index in [4.69, 9.17) is 4.74 Å². The number of likely N-dealkylation sites (N-methyl/N-ethyl adjacent to an activating group) is 1. The van der Waals surface area contributed by atoms with Crippen LogP contribution in [0, 0.1) is 13.8 Å². The third kappa shape index (κ3) is 5.67. The monoisotopic (exact) mass is 529 g/mol. The van der Waals surface area contributed by atoms with Crippen LogP contribution in [0.25, 0.3) is 22.3 Å². The van der Waals surface area contributed by atoms with Crippen molar-refractivity contribution in [1.82, 2.24) is 19.7 Å². The number of hydrogen-bond acceptors (Lipinski definition) is 5. The van der Waals surface area contributed by atoms with Crippen LogP contribution in [0.2, 0.25) is 25.7 Å². The Morgan fingerprint density at radius 2 is 1.67 bits per heavy atom. The number of nitrogens with zero attached hydrogens (tertiary/aromatic N) is 5. The predicted molar refractivity (Wildman–Crippen MR) is 144 cm³/mol. The molecule has 0 spiro atoms. The fourth-order valence-corrected chi connectivity index (χ4v) is 5.75. The number of anilines is 1. The van der Waals surface area contributed by atoms with Crippen molar-refractivity contribution in [3.8, 4) is 11.3 Å². The lowest BCUT2D eigenvalue weighted by Crippen LogP contribution is -2.45. The number of ether oxygens (including phenoxy) is 1. The summed E-state index contributed by atoms with van der Waals surface area (Å²) in [5.74, 6) is 0. The van der Waals surface area contributed by atoms with Gasteiger partial charge in [-0.3, -0.25) is 0 Å². The highest BCUT2D eigenvalue weighted by molar-refractivity contribution is 9.10. The standard InChI is InChI=1S/C25H36BrN5OSi/c1-18-13-20(14-19(2)24(18)30-9-7-29(3)8-10-30)23-15-21-22(26)16-31(25(21)28-27-23)17-32-11-12-33(4,5)6/h13-16H,7-12,17H2,1-6H3. The molecule has 1 fully saturated rings. The van der Waals surface area contributed by atoms with Crippen LogP contribution in [0.1, 0.15) is 11.1 Å². The quantitative estimate of drug-likeness (QED) is 0.297. The maximum Gasteiger partial charge on any atom is 0.165 e. The lowest BCUT2D eigenvalue weighted by molar-refractivity contribution is 0.0897. The van der Waals surface area contributed by atoms with Crippen LogP contribution in [-0.4, -0.2) is 67.6 Å². The van der Waals surface area contributed by atoms with Gasteiger partial charge < -0.3 is 19.1 Å². The Morgan fingerprint density at radius 3 is 2.30 bits per heavy atom. The Balaban J connectivity index is 1.56. The maximum absolute atomic E-state index is 5.94. The molecule has 0 N–H and O–H groups in total. The van der Waals surface area contributed by atoms with Gasteiger partial charge in [0.05, 0.1) is 5.69 Å². The average Bonchev–Trinajstić information content (AvgIpc) is 3.06. The second kappa shape index (κ2) is 9.86. The number of aromatic nitrogens is 3. The number of fused-ring (bicyclic) bond motifs is 1. The molecule has 3 aromatic rings. The van der Waals surface area contributed by atoms with Gasteiger partial charge in [-0.15, -0.1) is 10.2 Å². The van der Waals surface area contributed by atoms with E-state index in [1.165, 1.54) is 16.8 Å². The van der Waals surface area contributed by atoms with Gasteiger partial charge in [0.1, 0.15) is 6.73 Å². The zero-order valence-corrected chi connectivity index (χ0v) is 23.4. The largest absolute Gasteiger partial charge is 0.369 e. The fourth-order valence-electron chi connectivity index (χ4n) is 4.45. The highest BCUT2D eigenvalue weighted by Gasteiger charge is 2.19. The zero-order chi connectivity index (χ0) is 23.8. The number of halogens is 1. The first-order chi connectivity index (χ1) is 15.6. The van der Waals surface area contributed by atoms with Crippen LogP contribution in [0.4, 0.5) is 5.69 Å². The minimum atomic E-state index is -1.09. The molecule has 0 saturated carbocycles. The van der Waals surface area contributed by atoms with Gasteiger partial charge in [-0.2, -0.15) is 0 Å². The topological polar surface area (TPSA) is 46.4 Å². The molecule has 0 bridgehead atoms. The lowest BCUT2D eigenvalue weighted by Gasteiger charge is -2.36. The molecule has 6 nitrogen and oxygen atoms in total. The molecule has 0 atom stereocenters. The van der Waals surface area contributed by atoms with Gasteiger partial charge in [-0.1, -0.05) is 19.6 Å². The fraction of sp³-hybridized carbons (Fsp3) is 0.520. The molecule has 0 radical (unpaired) electrons. The van der Waals surface area contributed by atoms with E-state index in [-0.39, 0.29) is 0 Å². The van der Waals surface area contributed by atoms with E-state index in [1.54, 1.807) is 0 Å². The summed E-state index contributed by atoms with van der Waals surface area (Å²) in [6, 6.07) is 7.79. The number of hydrogen-bond donors (Lipinski definition) is 0. The zero-order valence-electron chi connectivity index (χ0n) is 20.8. The van der Waals surface area contributed by atoms with Crippen molar-refractivity contribution in [1.29, 1.82) is 0 Å². The summed E-state index contributed by atoms with van der Waals surface area (Å²) in [6.45, 7) is 17.2. The van der Waals surface area contributed by atoms with Crippen molar-refractivity contribution in [3.63, 3.8) is 0 Å². The molecule has 2 aromatic heterocycles. The molecule has 178 valence electrons. The van der Waals surface area contributed by atoms with Gasteiger partial charge in [0.25, 0.3) is 0 Å². The van der Waals surface area contributed by atoms with Gasteiger partial charge in [-0.05, 0) is 72.2 Å². The molecule has 0 amide bonds. The van der Waals surface area contributed by atoms with Crippen LogP contribution in [0.15, 0.2) is 28.9 Å². The highest BCUT2D eigenvalue weighted by Crippen LogP contribution is 2.33. The first kappa shape index (κ1) is 24.4. The van der Waals surface area contributed by atoms with Crippen molar-refractivity contribution in [2.45, 2.75) is 46.3 Å². The second-order valence-electron chi connectivity index (χ2n) is 10.5. The van der Waals surface area contributed by atoms with E-state index < -0.39 is 8.07 Å². The molecule has 3 heterocycles. The molecule has 1 saturated heterocycles. The van der Waals surface area contributed by atoms with Gasteiger partial charge in [0.15, 0.2) is 5.65 Å². The summed E-state index contributed by atoms with van der Waals surface area (Å²) in [4.78, 5) is 4.91. The average molecular weight is 531 g/mol. The Morgan fingerprint density at radius 1 is 1.00 bits per heavy atom. The highest BCUT2D eigenvalue weighted by atomic mass is 79.9. The molecule has 33 heavy (non-hydrogen) atoms. The molecule has 8 heteroatoms. The van der Waals surface area contributed by atoms with Crippen LogP contribution in [-0.2, 0) is 11.5 Å². The van der Waals surface area contributed by atoms with Crippen molar-refractivity contribution in [2.75, 3.05) is 44.7 Å². The van der Waals surface area contributed by atoms with E-state index in [0.717, 1.165) is 65.6 Å². The smallest absolute Gasteiger partial charge is 0.165 e. The summed E-state index contributed by atoms with van der Waals surface area (Å²) in [7, 11) is 1.10. The predicted octanol–water partition coefficient (Wildman–Crippen LogP) is 5.54. The molecule has 1 aromatic carbocycles. The summed E-state index contributed by atoms with van der Waals surface area (Å²) in [6.07, 6.45) is 2.05. The normalized spacial score (nSPS) is 15.5. The summed E-state index contributed by atoms with van der Waals surface area (Å²) in [5.41, 5.74) is 6.82. The number of benzene rings is 1. The maximum atomic E-state index is 5.94. The third-order valence-corrected chi connectivity index (χ3v) is 8.74. The summed E-state index contributed by atoms with van der Waals surface area (Å²) < 4.78 is 9.00. The van der Waals surface area contributed by atoms with E-state index in [2.05, 4.69) is 94.7 Å². The first-order valence-electron chi connectivity index (χ1n) is 11.8. The van der Waals surface area contributed by atoms with Crippen LogP contribution >= 0.6 is 15.9 Å². The molecular formula is C25H36BrN5OSi. The minimum Gasteiger partial charge on any atom is -0.369 e. The molecule has 0 aliphatic carbocycles. The molecule has 1 aliphatic rings. The SMILES string of the molecule is Cc1cc(-c2cc3c(Br)cn(COCC[Si](C)(C)C)c3nn2)cc(C)c1N1CCN(C)CC1. The van der Waals surface area contributed by atoms with Gasteiger partial charge >= 0.3 is 0 Å². The first-order valence-corrected chi connectivity index (χ1v) is 16.3. The summed E-state index contributed by atoms with van der Waals surface area (Å²) in [5, 5.41) is 10.2. The van der Waals surface area contributed by atoms with E-state index >= 15 is 0 Å². The Labute approximate surface area is 207 Å². The minimum absolute atomic E-state index is 0.499. The van der Waals surface area contributed by atoms with E-state index in [9.17, 15) is 0 Å². The molecule has 1 aliphatic heterocycles. The van der Waals surface area contributed by atoms with Gasteiger partial charge in [0.2, 0.25) is 0 Å². The lowest BCUT2D eigenvalue weighted by atomic mass is 10.0. The molecule has 0 unspecified atom stereocenters. The molecular weight excluding hydrogens is 494 g/mol. The number of aryl methyl sites for hydroxylation is 2. The van der Waals surface area contributed by atoms with Crippen molar-refractivity contribution < 1.29 is 4.74 Å². The number of piperazine rings is 1. The van der Waals surface area contributed by atoms with E-state index in [1.807, 2.05) is 10.8 Å². The third-order valence-electron chi connectivity index (χ3n) is 6.41. The van der Waals surface area contributed by atoms with Crippen LogP contribution in [0.3, 0.4) is 0 Å². The van der Waals surface area contributed by atoms with E-state index in [0.29, 0.717) is 6.73 Å². The van der Waals surface area contributed by atoms with Gasteiger partial charge in [0, 0.05) is 68.2 Å². The molecule has 4 rings (SSSR count). The Hall–Kier alpha value is -1.74.